The Balaban J connectivity index is 1.75. The minimum absolute atomic E-state index is 0.0378. The summed E-state index contributed by atoms with van der Waals surface area (Å²) in [6, 6.07) is 12.2. The second-order valence-corrected chi connectivity index (χ2v) is 6.12. The maximum Gasteiger partial charge on any atom is 0.344 e. The normalized spacial score (nSPS) is 10.2. The van der Waals surface area contributed by atoms with E-state index >= 15 is 0 Å². The number of ether oxygens (including phenoxy) is 2. The number of aryl methyl sites for hydroxylation is 2. The van der Waals surface area contributed by atoms with E-state index in [9.17, 15) is 14.4 Å². The van der Waals surface area contributed by atoms with Gasteiger partial charge in [0.05, 0.1) is 0 Å². The first-order chi connectivity index (χ1) is 12.9. The maximum absolute atomic E-state index is 11.9. The summed E-state index contributed by atoms with van der Waals surface area (Å²) in [4.78, 5) is 35.2. The molecule has 0 aromatic heterocycles. The van der Waals surface area contributed by atoms with Crippen LogP contribution in [0.3, 0.4) is 0 Å². The van der Waals surface area contributed by atoms with Gasteiger partial charge in [-0.3, -0.25) is 9.59 Å². The number of carbonyl (C=O) groups is 3. The zero-order valence-electron chi connectivity index (χ0n) is 15.7. The molecular weight excluding hydrogens is 346 g/mol. The van der Waals surface area contributed by atoms with Gasteiger partial charge in [-0.05, 0) is 49.7 Å². The van der Waals surface area contributed by atoms with Crippen LogP contribution in [0.4, 0.5) is 5.69 Å². The Hall–Kier alpha value is -3.15. The molecule has 0 unspecified atom stereocenters. The van der Waals surface area contributed by atoms with Crippen molar-refractivity contribution in [2.45, 2.75) is 27.2 Å². The number of amides is 1. The zero-order chi connectivity index (χ0) is 19.8. The van der Waals surface area contributed by atoms with Gasteiger partial charge in [-0.25, -0.2) is 4.79 Å². The highest BCUT2D eigenvalue weighted by molar-refractivity contribution is 5.96. The van der Waals surface area contributed by atoms with Crippen molar-refractivity contribution in [2.24, 2.45) is 0 Å². The Morgan fingerprint density at radius 1 is 0.963 bits per heavy atom. The van der Waals surface area contributed by atoms with E-state index in [1.54, 1.807) is 37.3 Å². The van der Waals surface area contributed by atoms with E-state index in [1.807, 2.05) is 26.0 Å². The summed E-state index contributed by atoms with van der Waals surface area (Å²) in [6.45, 7) is 4.94. The van der Waals surface area contributed by atoms with E-state index in [-0.39, 0.29) is 19.0 Å². The third kappa shape index (κ3) is 6.26. The van der Waals surface area contributed by atoms with Crippen LogP contribution in [0.2, 0.25) is 0 Å². The summed E-state index contributed by atoms with van der Waals surface area (Å²) in [5.74, 6) is -0.590. The molecule has 6 nitrogen and oxygen atoms in total. The number of hydrogen-bond acceptors (Lipinski definition) is 5. The molecule has 2 aromatic rings. The lowest BCUT2D eigenvalue weighted by atomic mass is 10.1. The number of esters is 1. The Morgan fingerprint density at radius 3 is 2.30 bits per heavy atom. The van der Waals surface area contributed by atoms with Crippen LogP contribution in [0.5, 0.6) is 5.75 Å². The van der Waals surface area contributed by atoms with Gasteiger partial charge in [0.15, 0.2) is 19.0 Å². The van der Waals surface area contributed by atoms with Gasteiger partial charge in [0.25, 0.3) is 5.91 Å². The highest BCUT2D eigenvalue weighted by Gasteiger charge is 2.10. The second-order valence-electron chi connectivity index (χ2n) is 6.12. The van der Waals surface area contributed by atoms with Crippen LogP contribution in [0.1, 0.15) is 34.8 Å². The van der Waals surface area contributed by atoms with E-state index in [2.05, 4.69) is 5.32 Å². The molecule has 2 rings (SSSR count). The first-order valence-electron chi connectivity index (χ1n) is 8.68. The molecule has 6 heteroatoms. The van der Waals surface area contributed by atoms with Gasteiger partial charge in [0.2, 0.25) is 0 Å². The molecule has 27 heavy (non-hydrogen) atoms. The van der Waals surface area contributed by atoms with Crippen molar-refractivity contribution < 1.29 is 23.9 Å². The van der Waals surface area contributed by atoms with Crippen molar-refractivity contribution in [3.05, 3.63) is 59.2 Å². The molecule has 1 N–H and O–H groups in total. The molecule has 142 valence electrons. The number of anilines is 1. The van der Waals surface area contributed by atoms with E-state index < -0.39 is 11.9 Å². The predicted molar refractivity (Wildman–Crippen MR) is 102 cm³/mol. The Labute approximate surface area is 158 Å². The number of nitrogens with one attached hydrogen (secondary N) is 1. The maximum atomic E-state index is 11.9. The number of ketones is 1. The average Bonchev–Trinajstić information content (AvgIpc) is 2.66. The highest BCUT2D eigenvalue weighted by atomic mass is 16.6. The second kappa shape index (κ2) is 9.52. The van der Waals surface area contributed by atoms with Crippen molar-refractivity contribution in [1.82, 2.24) is 0 Å². The standard InChI is InChI=1S/C21H23NO5/c1-4-19(23)16-6-8-17(9-7-16)26-13-21(25)27-12-20(24)22-18-10-5-14(2)11-15(18)3/h5-11H,4,12-13H2,1-3H3,(H,22,24). The van der Waals surface area contributed by atoms with Crippen LogP contribution < -0.4 is 10.1 Å². The third-order valence-corrected chi connectivity index (χ3v) is 3.87. The van der Waals surface area contributed by atoms with Crippen LogP contribution >= 0.6 is 0 Å². The lowest BCUT2D eigenvalue weighted by molar-refractivity contribution is -0.149. The summed E-state index contributed by atoms with van der Waals surface area (Å²) in [5.41, 5.74) is 3.30. The number of rotatable bonds is 8. The lowest BCUT2D eigenvalue weighted by Gasteiger charge is -2.10. The lowest BCUT2D eigenvalue weighted by Crippen LogP contribution is -2.24. The fraction of sp³-hybridized carbons (Fsp3) is 0.286. The molecule has 0 spiro atoms. The summed E-state index contributed by atoms with van der Waals surface area (Å²) in [6.07, 6.45) is 0.427. The number of benzene rings is 2. The molecule has 0 heterocycles. The van der Waals surface area contributed by atoms with Crippen molar-refractivity contribution in [3.63, 3.8) is 0 Å². The minimum atomic E-state index is -0.653. The minimum Gasteiger partial charge on any atom is -0.482 e. The van der Waals surface area contributed by atoms with Gasteiger partial charge in [-0.1, -0.05) is 24.6 Å². The molecule has 0 aliphatic rings. The summed E-state index contributed by atoms with van der Waals surface area (Å²) in [5, 5.41) is 2.70. The molecule has 0 saturated carbocycles. The number of Topliss-reactive ketones (excluding diaryl/α,β-unsaturated/α-hetero) is 1. The fourth-order valence-corrected chi connectivity index (χ4v) is 2.41. The molecular formula is C21H23NO5. The quantitative estimate of drug-likeness (QED) is 0.569. The Kier molecular flexibility index (Phi) is 7.11. The van der Waals surface area contributed by atoms with Gasteiger partial charge >= 0.3 is 5.97 Å². The Morgan fingerprint density at radius 2 is 1.67 bits per heavy atom. The first-order valence-corrected chi connectivity index (χ1v) is 8.68. The summed E-state index contributed by atoms with van der Waals surface area (Å²) < 4.78 is 10.2. The van der Waals surface area contributed by atoms with Gasteiger partial charge in [-0.15, -0.1) is 0 Å². The molecule has 0 aliphatic heterocycles. The van der Waals surface area contributed by atoms with E-state index in [0.717, 1.165) is 11.1 Å². The molecule has 0 atom stereocenters. The largest absolute Gasteiger partial charge is 0.482 e. The fourth-order valence-electron chi connectivity index (χ4n) is 2.41. The smallest absolute Gasteiger partial charge is 0.344 e. The highest BCUT2D eigenvalue weighted by Crippen LogP contribution is 2.16. The first kappa shape index (κ1) is 20.2. The summed E-state index contributed by atoms with van der Waals surface area (Å²) >= 11 is 0. The summed E-state index contributed by atoms with van der Waals surface area (Å²) in [7, 11) is 0. The van der Waals surface area contributed by atoms with Gasteiger partial charge in [-0.2, -0.15) is 0 Å². The third-order valence-electron chi connectivity index (χ3n) is 3.87. The van der Waals surface area contributed by atoms with Gasteiger partial charge in [0, 0.05) is 17.7 Å². The van der Waals surface area contributed by atoms with Crippen molar-refractivity contribution >= 4 is 23.3 Å². The SMILES string of the molecule is CCC(=O)c1ccc(OCC(=O)OCC(=O)Nc2ccc(C)cc2C)cc1. The predicted octanol–water partition coefficient (Wildman–Crippen LogP) is 3.46. The van der Waals surface area contributed by atoms with E-state index in [1.165, 1.54) is 0 Å². The van der Waals surface area contributed by atoms with Gasteiger partial charge in [0.1, 0.15) is 5.75 Å². The molecule has 1 amide bonds. The molecule has 0 bridgehead atoms. The van der Waals surface area contributed by atoms with Crippen LogP contribution in [0.25, 0.3) is 0 Å². The molecule has 0 saturated heterocycles. The van der Waals surface area contributed by atoms with E-state index in [4.69, 9.17) is 9.47 Å². The van der Waals surface area contributed by atoms with Crippen LogP contribution in [-0.4, -0.2) is 30.9 Å². The molecule has 0 aliphatic carbocycles. The van der Waals surface area contributed by atoms with Crippen LogP contribution in [0, 0.1) is 13.8 Å². The topological polar surface area (TPSA) is 81.7 Å². The van der Waals surface area contributed by atoms with Crippen molar-refractivity contribution in [2.75, 3.05) is 18.5 Å². The average molecular weight is 369 g/mol. The molecule has 0 radical (unpaired) electrons. The number of hydrogen-bond donors (Lipinski definition) is 1. The van der Waals surface area contributed by atoms with Crippen LogP contribution in [-0.2, 0) is 14.3 Å². The van der Waals surface area contributed by atoms with Gasteiger partial charge < -0.3 is 14.8 Å². The molecule has 0 fully saturated rings. The monoisotopic (exact) mass is 369 g/mol. The van der Waals surface area contributed by atoms with Crippen molar-refractivity contribution in [1.29, 1.82) is 0 Å². The molecule has 2 aromatic carbocycles. The zero-order valence-corrected chi connectivity index (χ0v) is 15.7. The number of carbonyl (C=O) groups excluding carboxylic acids is 3. The van der Waals surface area contributed by atoms with E-state index in [0.29, 0.717) is 23.4 Å². The van der Waals surface area contributed by atoms with Crippen molar-refractivity contribution in [3.8, 4) is 5.75 Å². The van der Waals surface area contributed by atoms with Crippen LogP contribution in [0.15, 0.2) is 42.5 Å². The Bertz CT molecular complexity index is 827.